The van der Waals surface area contributed by atoms with Crippen molar-refractivity contribution in [3.8, 4) is 0 Å². The van der Waals surface area contributed by atoms with Gasteiger partial charge in [-0.2, -0.15) is 0 Å². The smallest absolute Gasteiger partial charge is 0.242 e. The predicted octanol–water partition coefficient (Wildman–Crippen LogP) is 4.00. The summed E-state index contributed by atoms with van der Waals surface area (Å²) < 4.78 is 33.2. The molecule has 0 aliphatic rings. The van der Waals surface area contributed by atoms with Gasteiger partial charge in [-0.1, -0.05) is 41.9 Å². The number of benzene rings is 2. The molecule has 1 N–H and O–H groups in total. The van der Waals surface area contributed by atoms with E-state index < -0.39 is 10.0 Å². The average Bonchev–Trinajstić information content (AvgIpc) is 2.88. The first-order valence-corrected chi connectivity index (χ1v) is 9.06. The number of nitrogens with one attached hydrogen (secondary N) is 1. The molecule has 0 bridgehead atoms. The quantitative estimate of drug-likeness (QED) is 0.757. The second kappa shape index (κ2) is 6.35. The maximum absolute atomic E-state index is 12.4. The summed E-state index contributed by atoms with van der Waals surface area (Å²) in [6.45, 7) is 1.79. The number of sulfonamides is 1. The fourth-order valence-corrected chi connectivity index (χ4v) is 4.23. The van der Waals surface area contributed by atoms with Crippen LogP contribution < -0.4 is 4.72 Å². The van der Waals surface area contributed by atoms with Crippen molar-refractivity contribution in [2.24, 2.45) is 0 Å². The van der Waals surface area contributed by atoms with Gasteiger partial charge in [0.1, 0.15) is 16.2 Å². The molecule has 6 heteroatoms. The van der Waals surface area contributed by atoms with Crippen LogP contribution in [-0.4, -0.2) is 14.5 Å². The van der Waals surface area contributed by atoms with E-state index in [2.05, 4.69) is 4.72 Å². The molecule has 1 atom stereocenters. The second-order valence-corrected chi connectivity index (χ2v) is 7.50. The molecule has 0 amide bonds. The molecule has 0 saturated carbocycles. The molecule has 0 fully saturated rings. The van der Waals surface area contributed by atoms with E-state index in [1.165, 1.54) is 6.07 Å². The lowest BCUT2D eigenvalue weighted by Gasteiger charge is -2.13. The Labute approximate surface area is 140 Å². The summed E-state index contributed by atoms with van der Waals surface area (Å²) in [5.41, 5.74) is 0.795. The Morgan fingerprint density at radius 2 is 1.83 bits per heavy atom. The Hall–Kier alpha value is -1.82. The Morgan fingerprint density at radius 3 is 2.57 bits per heavy atom. The molecule has 1 unspecified atom stereocenters. The van der Waals surface area contributed by atoms with Crippen LogP contribution in [0.25, 0.3) is 11.0 Å². The molecule has 23 heavy (non-hydrogen) atoms. The van der Waals surface area contributed by atoms with Crippen molar-refractivity contribution in [3.63, 3.8) is 0 Å². The van der Waals surface area contributed by atoms with Gasteiger partial charge in [-0.15, -0.1) is 0 Å². The van der Waals surface area contributed by atoms with E-state index >= 15 is 0 Å². The summed E-state index contributed by atoms with van der Waals surface area (Å²) in [7, 11) is -3.66. The summed E-state index contributed by atoms with van der Waals surface area (Å²) in [6.07, 6.45) is 0.457. The van der Waals surface area contributed by atoms with Gasteiger partial charge < -0.3 is 4.42 Å². The van der Waals surface area contributed by atoms with Gasteiger partial charge in [-0.25, -0.2) is 13.1 Å². The van der Waals surface area contributed by atoms with E-state index in [9.17, 15) is 8.42 Å². The van der Waals surface area contributed by atoms with E-state index in [1.807, 2.05) is 30.3 Å². The predicted molar refractivity (Wildman–Crippen MR) is 91.2 cm³/mol. The molecule has 4 nitrogen and oxygen atoms in total. The summed E-state index contributed by atoms with van der Waals surface area (Å²) in [5.74, 6) is 0.737. The molecule has 1 aromatic heterocycles. The van der Waals surface area contributed by atoms with Gasteiger partial charge in [0.2, 0.25) is 10.0 Å². The van der Waals surface area contributed by atoms with Gasteiger partial charge in [0.15, 0.2) is 0 Å². The number of hydrogen-bond donors (Lipinski definition) is 1. The molecule has 0 radical (unpaired) electrons. The molecule has 0 spiro atoms. The van der Waals surface area contributed by atoms with Crippen LogP contribution in [0.15, 0.2) is 63.9 Å². The molecule has 2 aromatic carbocycles. The number of halogens is 1. The molecule has 120 valence electrons. The molecule has 0 aliphatic carbocycles. The third kappa shape index (κ3) is 3.58. The van der Waals surface area contributed by atoms with Crippen LogP contribution in [0.3, 0.4) is 0 Å². The third-order valence-corrected chi connectivity index (χ3v) is 5.56. The van der Waals surface area contributed by atoms with Crippen LogP contribution >= 0.6 is 11.6 Å². The van der Waals surface area contributed by atoms with Crippen molar-refractivity contribution in [2.45, 2.75) is 24.3 Å². The zero-order valence-corrected chi connectivity index (χ0v) is 14.1. The van der Waals surface area contributed by atoms with Crippen LogP contribution in [0.5, 0.6) is 0 Å². The Bertz CT molecular complexity index is 901. The molecule has 3 rings (SSSR count). The van der Waals surface area contributed by atoms with Crippen molar-refractivity contribution in [1.82, 2.24) is 4.72 Å². The van der Waals surface area contributed by atoms with Crippen LogP contribution in [0.2, 0.25) is 5.02 Å². The summed E-state index contributed by atoms with van der Waals surface area (Å²) >= 11 is 5.97. The van der Waals surface area contributed by atoms with E-state index in [-0.39, 0.29) is 16.0 Å². The number of furan rings is 1. The van der Waals surface area contributed by atoms with E-state index in [1.54, 1.807) is 25.1 Å². The number of rotatable bonds is 5. The number of para-hydroxylation sites is 1. The van der Waals surface area contributed by atoms with Gasteiger partial charge in [0, 0.05) is 17.8 Å². The lowest BCUT2D eigenvalue weighted by molar-refractivity contribution is 0.504. The molecule has 0 aliphatic heterocycles. The minimum atomic E-state index is -3.66. The number of hydrogen-bond acceptors (Lipinski definition) is 3. The first-order chi connectivity index (χ1) is 11.0. The third-order valence-electron chi connectivity index (χ3n) is 3.47. The first-order valence-electron chi connectivity index (χ1n) is 7.20. The Kier molecular flexibility index (Phi) is 4.43. The second-order valence-electron chi connectivity index (χ2n) is 5.41. The molecule has 0 saturated heterocycles. The highest BCUT2D eigenvalue weighted by molar-refractivity contribution is 7.89. The first kappa shape index (κ1) is 16.1. The maximum Gasteiger partial charge on any atom is 0.242 e. The van der Waals surface area contributed by atoms with E-state index in [0.29, 0.717) is 6.42 Å². The van der Waals surface area contributed by atoms with Crippen molar-refractivity contribution in [3.05, 3.63) is 65.4 Å². The van der Waals surface area contributed by atoms with Crippen molar-refractivity contribution >= 4 is 32.6 Å². The normalized spacial score (nSPS) is 13.3. The van der Waals surface area contributed by atoms with Crippen LogP contribution in [0.1, 0.15) is 12.7 Å². The zero-order chi connectivity index (χ0) is 16.4. The Balaban J connectivity index is 1.76. The fourth-order valence-electron chi connectivity index (χ4n) is 2.47. The SMILES string of the molecule is CC(Cc1cc2ccccc2o1)NS(=O)(=O)c1ccccc1Cl. The van der Waals surface area contributed by atoms with E-state index in [0.717, 1.165) is 16.7 Å². The summed E-state index contributed by atoms with van der Waals surface area (Å²) in [4.78, 5) is 0.0816. The van der Waals surface area contributed by atoms with Gasteiger partial charge in [0.25, 0.3) is 0 Å². The highest BCUT2D eigenvalue weighted by Crippen LogP contribution is 2.22. The highest BCUT2D eigenvalue weighted by Gasteiger charge is 2.20. The lowest BCUT2D eigenvalue weighted by Crippen LogP contribution is -2.34. The standard InChI is InChI=1S/C17H16ClNO3S/c1-12(10-14-11-13-6-2-4-8-16(13)22-14)19-23(20,21)17-9-5-3-7-15(17)18/h2-9,11-12,19H,10H2,1H3. The molecule has 1 heterocycles. The monoisotopic (exact) mass is 349 g/mol. The van der Waals surface area contributed by atoms with Crippen LogP contribution in [-0.2, 0) is 16.4 Å². The molecule has 3 aromatic rings. The van der Waals surface area contributed by atoms with E-state index in [4.69, 9.17) is 16.0 Å². The van der Waals surface area contributed by atoms with Crippen molar-refractivity contribution in [2.75, 3.05) is 0 Å². The van der Waals surface area contributed by atoms with Crippen LogP contribution in [0, 0.1) is 0 Å². The van der Waals surface area contributed by atoms with Gasteiger partial charge in [-0.3, -0.25) is 0 Å². The molecular formula is C17H16ClNO3S. The minimum absolute atomic E-state index is 0.0816. The fraction of sp³-hybridized carbons (Fsp3) is 0.176. The Morgan fingerprint density at radius 1 is 1.13 bits per heavy atom. The summed E-state index contributed by atoms with van der Waals surface area (Å²) in [5, 5.41) is 1.21. The highest BCUT2D eigenvalue weighted by atomic mass is 35.5. The van der Waals surface area contributed by atoms with Gasteiger partial charge in [0.05, 0.1) is 5.02 Å². The lowest BCUT2D eigenvalue weighted by atomic mass is 10.2. The molecular weight excluding hydrogens is 334 g/mol. The van der Waals surface area contributed by atoms with Crippen LogP contribution in [0.4, 0.5) is 0 Å². The van der Waals surface area contributed by atoms with Crippen molar-refractivity contribution < 1.29 is 12.8 Å². The van der Waals surface area contributed by atoms with Gasteiger partial charge >= 0.3 is 0 Å². The van der Waals surface area contributed by atoms with Gasteiger partial charge in [-0.05, 0) is 31.2 Å². The number of fused-ring (bicyclic) bond motifs is 1. The largest absolute Gasteiger partial charge is 0.461 e. The maximum atomic E-state index is 12.4. The minimum Gasteiger partial charge on any atom is -0.461 e. The zero-order valence-electron chi connectivity index (χ0n) is 12.5. The topological polar surface area (TPSA) is 59.3 Å². The summed E-state index contributed by atoms with van der Waals surface area (Å²) in [6, 6.07) is 15.7. The average molecular weight is 350 g/mol. The van der Waals surface area contributed by atoms with Crippen molar-refractivity contribution in [1.29, 1.82) is 0 Å².